The topological polar surface area (TPSA) is 53.9 Å². The molecule has 0 bridgehead atoms. The first kappa shape index (κ1) is 21.8. The highest BCUT2D eigenvalue weighted by Gasteiger charge is 2.28. The van der Waals surface area contributed by atoms with Crippen LogP contribution in [0.3, 0.4) is 0 Å². The Labute approximate surface area is 189 Å². The van der Waals surface area contributed by atoms with Crippen LogP contribution in [0.2, 0.25) is 0 Å². The molecule has 0 aliphatic carbocycles. The first-order valence-corrected chi connectivity index (χ1v) is 11.1. The summed E-state index contributed by atoms with van der Waals surface area (Å²) in [5, 5.41) is 7.65. The molecule has 0 aromatic heterocycles. The van der Waals surface area contributed by atoms with Crippen molar-refractivity contribution < 1.29 is 9.63 Å². The standard InChI is InChI=1S/C27H29N3O2/c31-27(26-17-16-25(18-28-26)29-32-21-24-14-8-3-9-15-24)30(19-22-10-4-1-5-11-22)20-23-12-6-2-7-13-23/h1-15,26,28H,16-21H2/t26-/m0/s1. The van der Waals surface area contributed by atoms with E-state index in [0.29, 0.717) is 32.7 Å². The first-order valence-electron chi connectivity index (χ1n) is 11.1. The van der Waals surface area contributed by atoms with Crippen LogP contribution in [0.1, 0.15) is 29.5 Å². The minimum absolute atomic E-state index is 0.127. The molecule has 0 spiro atoms. The van der Waals surface area contributed by atoms with E-state index in [9.17, 15) is 4.79 Å². The number of nitrogens with one attached hydrogen (secondary N) is 1. The molecule has 3 aromatic rings. The molecule has 0 unspecified atom stereocenters. The largest absolute Gasteiger partial charge is 0.391 e. The monoisotopic (exact) mass is 427 g/mol. The molecule has 1 aliphatic heterocycles. The number of hydrogen-bond donors (Lipinski definition) is 1. The van der Waals surface area contributed by atoms with Crippen LogP contribution < -0.4 is 5.32 Å². The van der Waals surface area contributed by atoms with Crippen LogP contribution in [-0.2, 0) is 29.3 Å². The lowest BCUT2D eigenvalue weighted by Crippen LogP contribution is -2.50. The molecule has 1 atom stereocenters. The smallest absolute Gasteiger partial charge is 0.240 e. The molecular formula is C27H29N3O2. The molecule has 1 saturated heterocycles. The van der Waals surface area contributed by atoms with Gasteiger partial charge in [-0.05, 0) is 29.5 Å². The maximum Gasteiger partial charge on any atom is 0.240 e. The second kappa shape index (κ2) is 11.3. The van der Waals surface area contributed by atoms with Gasteiger partial charge in [0, 0.05) is 19.6 Å². The van der Waals surface area contributed by atoms with Crippen LogP contribution in [0.5, 0.6) is 0 Å². The fourth-order valence-corrected chi connectivity index (χ4v) is 3.84. The number of benzene rings is 3. The van der Waals surface area contributed by atoms with Crippen LogP contribution in [0, 0.1) is 0 Å². The third-order valence-electron chi connectivity index (χ3n) is 5.58. The third-order valence-corrected chi connectivity index (χ3v) is 5.58. The minimum atomic E-state index is -0.213. The van der Waals surface area contributed by atoms with E-state index in [2.05, 4.69) is 34.7 Å². The van der Waals surface area contributed by atoms with Gasteiger partial charge in [-0.25, -0.2) is 0 Å². The molecule has 1 aliphatic rings. The average molecular weight is 428 g/mol. The van der Waals surface area contributed by atoms with Gasteiger partial charge in [0.1, 0.15) is 6.61 Å². The fourth-order valence-electron chi connectivity index (χ4n) is 3.84. The van der Waals surface area contributed by atoms with Crippen molar-refractivity contribution in [1.29, 1.82) is 0 Å². The summed E-state index contributed by atoms with van der Waals surface area (Å²) >= 11 is 0. The molecule has 32 heavy (non-hydrogen) atoms. The van der Waals surface area contributed by atoms with E-state index < -0.39 is 0 Å². The minimum Gasteiger partial charge on any atom is -0.391 e. The Hall–Kier alpha value is -3.44. The fraction of sp³-hybridized carbons (Fsp3) is 0.259. The summed E-state index contributed by atoms with van der Waals surface area (Å²) in [6, 6.07) is 30.1. The van der Waals surface area contributed by atoms with Crippen molar-refractivity contribution in [2.75, 3.05) is 6.54 Å². The summed E-state index contributed by atoms with van der Waals surface area (Å²) in [4.78, 5) is 20.9. The number of nitrogens with zero attached hydrogens (tertiary/aromatic N) is 2. The Kier molecular flexibility index (Phi) is 7.66. The SMILES string of the molecule is O=C([C@@H]1CCC(=NOCc2ccccc2)CN1)N(Cc1ccccc1)Cc1ccccc1. The summed E-state index contributed by atoms with van der Waals surface area (Å²) in [7, 11) is 0. The van der Waals surface area contributed by atoms with Crippen molar-refractivity contribution in [2.45, 2.75) is 38.6 Å². The summed E-state index contributed by atoms with van der Waals surface area (Å²) in [6.45, 7) is 2.20. The van der Waals surface area contributed by atoms with Gasteiger partial charge in [-0.1, -0.05) is 96.2 Å². The summed E-state index contributed by atoms with van der Waals surface area (Å²) in [5.74, 6) is 0.127. The molecule has 1 fully saturated rings. The molecule has 0 saturated carbocycles. The van der Waals surface area contributed by atoms with Crippen molar-refractivity contribution >= 4 is 11.6 Å². The maximum atomic E-state index is 13.4. The maximum absolute atomic E-state index is 13.4. The van der Waals surface area contributed by atoms with Crippen LogP contribution in [0.15, 0.2) is 96.2 Å². The van der Waals surface area contributed by atoms with Gasteiger partial charge in [0.25, 0.3) is 0 Å². The van der Waals surface area contributed by atoms with E-state index in [1.165, 1.54) is 0 Å². The van der Waals surface area contributed by atoms with Crippen LogP contribution in [0.25, 0.3) is 0 Å². The summed E-state index contributed by atoms with van der Waals surface area (Å²) in [5.41, 5.74) is 4.29. The molecule has 5 heteroatoms. The number of hydrogen-bond acceptors (Lipinski definition) is 4. The highest BCUT2D eigenvalue weighted by molar-refractivity contribution is 5.90. The lowest BCUT2D eigenvalue weighted by Gasteiger charge is -2.30. The van der Waals surface area contributed by atoms with E-state index >= 15 is 0 Å². The van der Waals surface area contributed by atoms with Crippen molar-refractivity contribution in [1.82, 2.24) is 10.2 Å². The van der Waals surface area contributed by atoms with Crippen molar-refractivity contribution in [3.05, 3.63) is 108 Å². The van der Waals surface area contributed by atoms with Gasteiger partial charge < -0.3 is 15.1 Å². The molecule has 5 nitrogen and oxygen atoms in total. The zero-order valence-electron chi connectivity index (χ0n) is 18.2. The Morgan fingerprint density at radius 3 is 1.88 bits per heavy atom. The van der Waals surface area contributed by atoms with Gasteiger partial charge in [0.15, 0.2) is 0 Å². The summed E-state index contributed by atoms with van der Waals surface area (Å²) in [6.07, 6.45) is 1.47. The number of carbonyl (C=O) groups excluding carboxylic acids is 1. The predicted octanol–water partition coefficient (Wildman–Crippen LogP) is 4.54. The Bertz CT molecular complexity index is 955. The molecule has 0 radical (unpaired) electrons. The zero-order chi connectivity index (χ0) is 22.0. The number of piperidine rings is 1. The lowest BCUT2D eigenvalue weighted by molar-refractivity contribution is -0.135. The Morgan fingerprint density at radius 2 is 1.38 bits per heavy atom. The number of carbonyl (C=O) groups is 1. The first-order chi connectivity index (χ1) is 15.8. The van der Waals surface area contributed by atoms with Gasteiger partial charge in [0.2, 0.25) is 5.91 Å². The van der Waals surface area contributed by atoms with Gasteiger partial charge in [-0.15, -0.1) is 0 Å². The normalized spacial score (nSPS) is 17.1. The molecule has 4 rings (SSSR count). The number of rotatable bonds is 8. The Balaban J connectivity index is 1.35. The van der Waals surface area contributed by atoms with Crippen LogP contribution in [0.4, 0.5) is 0 Å². The molecule has 1 heterocycles. The predicted molar refractivity (Wildman–Crippen MR) is 127 cm³/mol. The van der Waals surface area contributed by atoms with Crippen LogP contribution in [-0.4, -0.2) is 29.1 Å². The van der Waals surface area contributed by atoms with Crippen molar-refractivity contribution in [3.63, 3.8) is 0 Å². The van der Waals surface area contributed by atoms with E-state index in [-0.39, 0.29) is 11.9 Å². The van der Waals surface area contributed by atoms with Gasteiger partial charge >= 0.3 is 0 Å². The van der Waals surface area contributed by atoms with Crippen LogP contribution >= 0.6 is 0 Å². The van der Waals surface area contributed by atoms with E-state index in [1.54, 1.807) is 0 Å². The molecule has 164 valence electrons. The quantitative estimate of drug-likeness (QED) is 0.537. The second-order valence-electron chi connectivity index (χ2n) is 8.05. The Morgan fingerprint density at radius 1 is 0.844 bits per heavy atom. The number of oxime groups is 1. The molecular weight excluding hydrogens is 398 g/mol. The molecule has 1 N–H and O–H groups in total. The highest BCUT2D eigenvalue weighted by Crippen LogP contribution is 2.16. The highest BCUT2D eigenvalue weighted by atomic mass is 16.6. The van der Waals surface area contributed by atoms with E-state index in [4.69, 9.17) is 4.84 Å². The lowest BCUT2D eigenvalue weighted by atomic mass is 10.0. The summed E-state index contributed by atoms with van der Waals surface area (Å²) < 4.78 is 0. The van der Waals surface area contributed by atoms with E-state index in [0.717, 1.165) is 28.8 Å². The second-order valence-corrected chi connectivity index (χ2v) is 8.05. The zero-order valence-corrected chi connectivity index (χ0v) is 18.2. The number of amides is 1. The third kappa shape index (κ3) is 6.28. The average Bonchev–Trinajstić information content (AvgIpc) is 2.86. The van der Waals surface area contributed by atoms with Gasteiger partial charge in [-0.3, -0.25) is 4.79 Å². The molecule has 3 aromatic carbocycles. The van der Waals surface area contributed by atoms with E-state index in [1.807, 2.05) is 71.6 Å². The van der Waals surface area contributed by atoms with Gasteiger partial charge in [-0.2, -0.15) is 0 Å². The van der Waals surface area contributed by atoms with Crippen molar-refractivity contribution in [2.24, 2.45) is 5.16 Å². The van der Waals surface area contributed by atoms with Crippen molar-refractivity contribution in [3.8, 4) is 0 Å². The van der Waals surface area contributed by atoms with Gasteiger partial charge in [0.05, 0.1) is 11.8 Å². The molecule has 1 amide bonds.